The molecule has 0 aliphatic carbocycles. The van der Waals surface area contributed by atoms with Crippen molar-refractivity contribution < 1.29 is 19.1 Å². The van der Waals surface area contributed by atoms with Crippen LogP contribution in [0.25, 0.3) is 5.57 Å². The number of carbonyl (C=O) groups excluding carboxylic acids is 2. The molecule has 6 nitrogen and oxygen atoms in total. The van der Waals surface area contributed by atoms with E-state index < -0.39 is 0 Å². The number of aryl methyl sites for hydroxylation is 4. The van der Waals surface area contributed by atoms with E-state index in [1.165, 1.54) is 4.90 Å². The molecule has 32 heavy (non-hydrogen) atoms. The number of rotatable bonds is 6. The highest BCUT2D eigenvalue weighted by Crippen LogP contribution is 2.34. The average molecular weight is 435 g/mol. The Kier molecular flexibility index (Phi) is 6.33. The summed E-state index contributed by atoms with van der Waals surface area (Å²) in [5.74, 6) is 0.237. The maximum atomic E-state index is 13.5. The van der Waals surface area contributed by atoms with Crippen LogP contribution in [0.3, 0.4) is 0 Å². The van der Waals surface area contributed by atoms with Crippen LogP contribution in [0.4, 0.5) is 0 Å². The van der Waals surface area contributed by atoms with Crippen LogP contribution in [0, 0.1) is 27.7 Å². The van der Waals surface area contributed by atoms with Crippen LogP contribution in [-0.4, -0.2) is 61.1 Å². The zero-order chi connectivity index (χ0) is 22.8. The van der Waals surface area contributed by atoms with Crippen molar-refractivity contribution in [3.8, 4) is 5.75 Å². The zero-order valence-corrected chi connectivity index (χ0v) is 19.2. The first-order valence-corrected chi connectivity index (χ1v) is 11.1. The van der Waals surface area contributed by atoms with Crippen molar-refractivity contribution in [2.45, 2.75) is 27.7 Å². The largest absolute Gasteiger partial charge is 0.492 e. The number of nitrogens with zero attached hydrogens (tertiary/aromatic N) is 2. The van der Waals surface area contributed by atoms with Gasteiger partial charge in [0.2, 0.25) is 0 Å². The van der Waals surface area contributed by atoms with E-state index >= 15 is 0 Å². The highest BCUT2D eigenvalue weighted by atomic mass is 16.5. The highest BCUT2D eigenvalue weighted by Gasteiger charge is 2.42. The van der Waals surface area contributed by atoms with Crippen molar-refractivity contribution >= 4 is 17.4 Å². The minimum Gasteiger partial charge on any atom is -0.492 e. The molecule has 0 atom stereocenters. The van der Waals surface area contributed by atoms with Gasteiger partial charge in [0.25, 0.3) is 11.8 Å². The van der Waals surface area contributed by atoms with Crippen molar-refractivity contribution in [2.75, 3.05) is 39.5 Å². The molecule has 168 valence electrons. The standard InChI is InChI=1S/C26H30N2O4/c1-17-5-6-22(20(4)14-17)23-24(27-7-10-31-11-8-27)26(30)28(25(23)29)9-12-32-21-15-18(2)13-19(3)16-21/h5-6,13-16H,7-12H2,1-4H3. The van der Waals surface area contributed by atoms with Gasteiger partial charge in [0.15, 0.2) is 0 Å². The third-order valence-electron chi connectivity index (χ3n) is 5.90. The molecule has 2 amide bonds. The van der Waals surface area contributed by atoms with Crippen LogP contribution in [0.2, 0.25) is 0 Å². The fourth-order valence-corrected chi connectivity index (χ4v) is 4.45. The maximum absolute atomic E-state index is 13.5. The van der Waals surface area contributed by atoms with Crippen LogP contribution >= 0.6 is 0 Å². The van der Waals surface area contributed by atoms with Crippen LogP contribution in [-0.2, 0) is 14.3 Å². The molecule has 0 bridgehead atoms. The van der Waals surface area contributed by atoms with Gasteiger partial charge in [-0.25, -0.2) is 0 Å². The molecule has 0 unspecified atom stereocenters. The highest BCUT2D eigenvalue weighted by molar-refractivity contribution is 6.35. The minimum atomic E-state index is -0.257. The van der Waals surface area contributed by atoms with Gasteiger partial charge in [-0.2, -0.15) is 0 Å². The normalized spacial score (nSPS) is 16.9. The Morgan fingerprint density at radius 2 is 1.56 bits per heavy atom. The number of imide groups is 1. The lowest BCUT2D eigenvalue weighted by Gasteiger charge is -2.29. The molecule has 2 aliphatic heterocycles. The summed E-state index contributed by atoms with van der Waals surface area (Å²) < 4.78 is 11.4. The summed E-state index contributed by atoms with van der Waals surface area (Å²) >= 11 is 0. The first-order chi connectivity index (χ1) is 15.3. The van der Waals surface area contributed by atoms with Crippen molar-refractivity contribution in [3.05, 3.63) is 69.9 Å². The van der Waals surface area contributed by atoms with Crippen molar-refractivity contribution in [1.29, 1.82) is 0 Å². The second-order valence-corrected chi connectivity index (χ2v) is 8.58. The Hall–Kier alpha value is -3.12. The summed E-state index contributed by atoms with van der Waals surface area (Å²) in [6, 6.07) is 12.0. The Bertz CT molecular complexity index is 1060. The fourth-order valence-electron chi connectivity index (χ4n) is 4.45. The number of ether oxygens (including phenoxy) is 2. The van der Waals surface area contributed by atoms with Crippen LogP contribution in [0.15, 0.2) is 42.1 Å². The van der Waals surface area contributed by atoms with E-state index in [2.05, 4.69) is 6.07 Å². The quantitative estimate of drug-likeness (QED) is 0.652. The summed E-state index contributed by atoms with van der Waals surface area (Å²) in [7, 11) is 0. The summed E-state index contributed by atoms with van der Waals surface area (Å²) in [4.78, 5) is 30.2. The molecule has 2 aromatic rings. The third kappa shape index (κ3) is 4.41. The van der Waals surface area contributed by atoms with Gasteiger partial charge in [-0.05, 0) is 62.1 Å². The number of carbonyl (C=O) groups is 2. The van der Waals surface area contributed by atoms with Gasteiger partial charge in [-0.15, -0.1) is 0 Å². The first-order valence-electron chi connectivity index (χ1n) is 11.1. The molecule has 0 radical (unpaired) electrons. The van der Waals surface area contributed by atoms with Crippen LogP contribution in [0.5, 0.6) is 5.75 Å². The lowest BCUT2D eigenvalue weighted by atomic mass is 9.97. The van der Waals surface area contributed by atoms with Gasteiger partial charge < -0.3 is 14.4 Å². The summed E-state index contributed by atoms with van der Waals surface area (Å²) in [5.41, 5.74) is 6.12. The van der Waals surface area contributed by atoms with E-state index in [9.17, 15) is 9.59 Å². The smallest absolute Gasteiger partial charge is 0.277 e. The molecule has 1 fully saturated rings. The molecule has 2 aliphatic rings. The fraction of sp³-hybridized carbons (Fsp3) is 0.385. The molecule has 6 heteroatoms. The predicted octanol–water partition coefficient (Wildman–Crippen LogP) is 3.41. The van der Waals surface area contributed by atoms with E-state index in [1.54, 1.807) is 0 Å². The molecular weight excluding hydrogens is 404 g/mol. The van der Waals surface area contributed by atoms with Gasteiger partial charge >= 0.3 is 0 Å². The summed E-state index contributed by atoms with van der Waals surface area (Å²) in [6.45, 7) is 10.8. The number of hydrogen-bond acceptors (Lipinski definition) is 5. The molecule has 2 heterocycles. The van der Waals surface area contributed by atoms with Gasteiger partial charge in [-0.1, -0.05) is 29.8 Å². The van der Waals surface area contributed by atoms with Crippen LogP contribution < -0.4 is 4.74 Å². The molecule has 2 aromatic carbocycles. The second kappa shape index (κ2) is 9.17. The van der Waals surface area contributed by atoms with Gasteiger partial charge in [0.05, 0.1) is 25.3 Å². The molecule has 0 spiro atoms. The second-order valence-electron chi connectivity index (χ2n) is 8.58. The minimum absolute atomic E-state index is 0.201. The molecule has 4 rings (SSSR count). The van der Waals surface area contributed by atoms with Crippen molar-refractivity contribution in [3.63, 3.8) is 0 Å². The average Bonchev–Trinajstić information content (AvgIpc) is 2.98. The van der Waals surface area contributed by atoms with Crippen LogP contribution in [0.1, 0.15) is 27.8 Å². The van der Waals surface area contributed by atoms with E-state index in [4.69, 9.17) is 9.47 Å². The van der Waals surface area contributed by atoms with Gasteiger partial charge in [-0.3, -0.25) is 14.5 Å². The number of hydrogen-bond donors (Lipinski definition) is 0. The number of morpholine rings is 1. The Balaban J connectivity index is 1.59. The van der Waals surface area contributed by atoms with E-state index in [1.807, 2.05) is 62.9 Å². The molecule has 0 aromatic heterocycles. The van der Waals surface area contributed by atoms with Crippen molar-refractivity contribution in [1.82, 2.24) is 9.80 Å². The van der Waals surface area contributed by atoms with Gasteiger partial charge in [0.1, 0.15) is 18.1 Å². The number of benzene rings is 2. The third-order valence-corrected chi connectivity index (χ3v) is 5.90. The number of amides is 2. The first kappa shape index (κ1) is 22.1. The maximum Gasteiger partial charge on any atom is 0.277 e. The lowest BCUT2D eigenvalue weighted by molar-refractivity contribution is -0.138. The lowest BCUT2D eigenvalue weighted by Crippen LogP contribution is -2.41. The molecule has 1 saturated heterocycles. The Morgan fingerprint density at radius 3 is 2.22 bits per heavy atom. The Labute approximate surface area is 189 Å². The molecule has 0 N–H and O–H groups in total. The van der Waals surface area contributed by atoms with E-state index in [0.717, 1.165) is 33.6 Å². The molecular formula is C26H30N2O4. The zero-order valence-electron chi connectivity index (χ0n) is 19.2. The van der Waals surface area contributed by atoms with Crippen molar-refractivity contribution in [2.24, 2.45) is 0 Å². The van der Waals surface area contributed by atoms with E-state index in [-0.39, 0.29) is 25.0 Å². The monoisotopic (exact) mass is 434 g/mol. The summed E-state index contributed by atoms with van der Waals surface area (Å²) in [5, 5.41) is 0. The van der Waals surface area contributed by atoms with Gasteiger partial charge in [0, 0.05) is 13.1 Å². The topological polar surface area (TPSA) is 59.1 Å². The SMILES string of the molecule is Cc1cc(C)cc(OCCN2C(=O)C(c3ccc(C)cc3C)=C(N3CCOCC3)C2=O)c1. The summed E-state index contributed by atoms with van der Waals surface area (Å²) in [6.07, 6.45) is 0. The predicted molar refractivity (Wildman–Crippen MR) is 123 cm³/mol. The Morgan fingerprint density at radius 1 is 0.875 bits per heavy atom. The van der Waals surface area contributed by atoms with E-state index in [0.29, 0.717) is 37.6 Å². The molecule has 0 saturated carbocycles.